The zero-order valence-corrected chi connectivity index (χ0v) is 10.7. The van der Waals surface area contributed by atoms with Gasteiger partial charge < -0.3 is 4.90 Å². The van der Waals surface area contributed by atoms with Gasteiger partial charge in [-0.2, -0.15) is 5.26 Å². The number of piperidine rings is 1. The minimum absolute atomic E-state index is 0.0321. The average molecular weight is 247 g/mol. The van der Waals surface area contributed by atoms with Gasteiger partial charge in [0, 0.05) is 13.1 Å². The first-order chi connectivity index (χ1) is 8.60. The Morgan fingerprint density at radius 2 is 2.17 bits per heavy atom. The van der Waals surface area contributed by atoms with Crippen molar-refractivity contribution in [3.05, 3.63) is 12.2 Å². The van der Waals surface area contributed by atoms with Crippen LogP contribution in [0.1, 0.15) is 26.1 Å². The molecule has 1 fully saturated rings. The Morgan fingerprint density at radius 3 is 2.78 bits per heavy atom. The number of hydrogen-bond acceptors (Lipinski definition) is 4. The molecule has 1 aromatic rings. The molecule has 0 aromatic carbocycles. The van der Waals surface area contributed by atoms with Crippen molar-refractivity contribution in [3.8, 4) is 6.07 Å². The number of hydrogen-bond donors (Lipinski definition) is 0. The average Bonchev–Trinajstić information content (AvgIpc) is 2.75. The first-order valence-electron chi connectivity index (χ1n) is 6.15. The summed E-state index contributed by atoms with van der Waals surface area (Å²) in [5, 5.41) is 16.1. The molecule has 6 heteroatoms. The molecule has 1 saturated heterocycles. The van der Waals surface area contributed by atoms with Crippen molar-refractivity contribution in [3.63, 3.8) is 0 Å². The highest BCUT2D eigenvalue weighted by Crippen LogP contribution is 2.21. The smallest absolute Gasteiger partial charge is 0.242 e. The third-order valence-electron chi connectivity index (χ3n) is 3.24. The van der Waals surface area contributed by atoms with Crippen LogP contribution in [0.5, 0.6) is 0 Å². The van der Waals surface area contributed by atoms with Gasteiger partial charge in [-0.1, -0.05) is 13.8 Å². The molecule has 1 amide bonds. The first kappa shape index (κ1) is 12.6. The highest BCUT2D eigenvalue weighted by atomic mass is 16.2. The number of rotatable bonds is 2. The molecule has 1 aliphatic heterocycles. The third kappa shape index (κ3) is 2.67. The predicted octanol–water partition coefficient (Wildman–Crippen LogP) is 0.654. The quantitative estimate of drug-likeness (QED) is 0.769. The predicted molar refractivity (Wildman–Crippen MR) is 64.3 cm³/mol. The van der Waals surface area contributed by atoms with Crippen molar-refractivity contribution < 1.29 is 4.79 Å². The van der Waals surface area contributed by atoms with E-state index in [9.17, 15) is 4.79 Å². The normalized spacial score (nSPS) is 23.7. The number of likely N-dealkylation sites (tertiary alicyclic amines) is 1. The second-order valence-corrected chi connectivity index (χ2v) is 5.14. The van der Waals surface area contributed by atoms with Crippen molar-refractivity contribution in [2.45, 2.75) is 26.8 Å². The molecule has 0 radical (unpaired) electrons. The molecule has 0 saturated carbocycles. The van der Waals surface area contributed by atoms with Crippen LogP contribution in [-0.4, -0.2) is 38.7 Å². The topological polar surface area (TPSA) is 74.8 Å². The maximum atomic E-state index is 12.2. The van der Waals surface area contributed by atoms with E-state index in [2.05, 4.69) is 24.0 Å². The largest absolute Gasteiger partial charge is 0.341 e. The maximum absolute atomic E-state index is 12.2. The van der Waals surface area contributed by atoms with Gasteiger partial charge in [0.1, 0.15) is 18.9 Å². The second-order valence-electron chi connectivity index (χ2n) is 5.14. The van der Waals surface area contributed by atoms with Gasteiger partial charge in [-0.15, -0.1) is 10.2 Å². The van der Waals surface area contributed by atoms with E-state index in [1.54, 1.807) is 0 Å². The van der Waals surface area contributed by atoms with Crippen LogP contribution in [0, 0.1) is 23.2 Å². The molecule has 96 valence electrons. The number of amides is 1. The molecule has 0 spiro atoms. The standard InChI is InChI=1S/C12H17N5O/c1-9-3-10(2)6-16(5-9)12(18)7-17-8-14-15-11(17)4-13/h8-10H,3,5-7H2,1-2H3. The lowest BCUT2D eigenvalue weighted by molar-refractivity contribution is -0.134. The summed E-state index contributed by atoms with van der Waals surface area (Å²) in [5.74, 6) is 1.29. The molecule has 18 heavy (non-hydrogen) atoms. The number of carbonyl (C=O) groups is 1. The van der Waals surface area contributed by atoms with Gasteiger partial charge >= 0.3 is 0 Å². The summed E-state index contributed by atoms with van der Waals surface area (Å²) < 4.78 is 1.49. The lowest BCUT2D eigenvalue weighted by Gasteiger charge is -2.35. The molecule has 2 rings (SSSR count). The molecule has 0 aliphatic carbocycles. The van der Waals surface area contributed by atoms with E-state index in [0.717, 1.165) is 13.1 Å². The zero-order chi connectivity index (χ0) is 13.1. The van der Waals surface area contributed by atoms with E-state index in [-0.39, 0.29) is 18.3 Å². The third-order valence-corrected chi connectivity index (χ3v) is 3.24. The van der Waals surface area contributed by atoms with E-state index in [4.69, 9.17) is 5.26 Å². The highest BCUT2D eigenvalue weighted by molar-refractivity contribution is 5.76. The Labute approximate surface area is 106 Å². The monoisotopic (exact) mass is 247 g/mol. The molecular formula is C12H17N5O. The molecule has 1 aliphatic rings. The molecule has 2 atom stereocenters. The van der Waals surface area contributed by atoms with Crippen molar-refractivity contribution in [1.82, 2.24) is 19.7 Å². The fourth-order valence-electron chi connectivity index (χ4n) is 2.57. The Kier molecular flexibility index (Phi) is 3.60. The lowest BCUT2D eigenvalue weighted by Crippen LogP contribution is -2.44. The van der Waals surface area contributed by atoms with Crippen LogP contribution >= 0.6 is 0 Å². The van der Waals surface area contributed by atoms with Gasteiger partial charge in [-0.25, -0.2) is 0 Å². The number of nitrogens with zero attached hydrogens (tertiary/aromatic N) is 5. The summed E-state index contributed by atoms with van der Waals surface area (Å²) >= 11 is 0. The molecule has 0 bridgehead atoms. The van der Waals surface area contributed by atoms with Crippen LogP contribution in [0.3, 0.4) is 0 Å². The number of nitriles is 1. The van der Waals surface area contributed by atoms with E-state index in [1.807, 2.05) is 11.0 Å². The van der Waals surface area contributed by atoms with Crippen LogP contribution in [0.15, 0.2) is 6.33 Å². The van der Waals surface area contributed by atoms with Gasteiger partial charge in [0.05, 0.1) is 0 Å². The molecule has 6 nitrogen and oxygen atoms in total. The second kappa shape index (κ2) is 5.17. The van der Waals surface area contributed by atoms with Crippen LogP contribution in [0.25, 0.3) is 0 Å². The zero-order valence-electron chi connectivity index (χ0n) is 10.7. The molecule has 2 unspecified atom stereocenters. The summed E-state index contributed by atoms with van der Waals surface area (Å²) in [6, 6.07) is 1.92. The minimum atomic E-state index is 0.0321. The molecule has 1 aromatic heterocycles. The van der Waals surface area contributed by atoms with Crippen LogP contribution in [0.4, 0.5) is 0 Å². The highest BCUT2D eigenvalue weighted by Gasteiger charge is 2.25. The summed E-state index contributed by atoms with van der Waals surface area (Å²) in [4.78, 5) is 14.0. The molecule has 0 N–H and O–H groups in total. The summed E-state index contributed by atoms with van der Waals surface area (Å²) in [7, 11) is 0. The van der Waals surface area contributed by atoms with Gasteiger partial charge in [0.2, 0.25) is 11.7 Å². The van der Waals surface area contributed by atoms with E-state index in [1.165, 1.54) is 17.3 Å². The van der Waals surface area contributed by atoms with E-state index < -0.39 is 0 Å². The summed E-state index contributed by atoms with van der Waals surface area (Å²) in [6.45, 7) is 6.07. The van der Waals surface area contributed by atoms with Crippen LogP contribution < -0.4 is 0 Å². The van der Waals surface area contributed by atoms with Crippen LogP contribution in [0.2, 0.25) is 0 Å². The van der Waals surface area contributed by atoms with Gasteiger partial charge in [0.25, 0.3) is 0 Å². The first-order valence-corrected chi connectivity index (χ1v) is 6.15. The van der Waals surface area contributed by atoms with Gasteiger partial charge in [0.15, 0.2) is 0 Å². The van der Waals surface area contributed by atoms with Crippen LogP contribution in [-0.2, 0) is 11.3 Å². The Bertz CT molecular complexity index is 465. The van der Waals surface area contributed by atoms with E-state index >= 15 is 0 Å². The van der Waals surface area contributed by atoms with Crippen molar-refractivity contribution in [2.75, 3.05) is 13.1 Å². The van der Waals surface area contributed by atoms with Crippen molar-refractivity contribution >= 4 is 5.91 Å². The molecule has 2 heterocycles. The fraction of sp³-hybridized carbons (Fsp3) is 0.667. The van der Waals surface area contributed by atoms with Gasteiger partial charge in [-0.05, 0) is 18.3 Å². The summed E-state index contributed by atoms with van der Waals surface area (Å²) in [5.41, 5.74) is 0. The van der Waals surface area contributed by atoms with E-state index in [0.29, 0.717) is 11.8 Å². The Balaban J connectivity index is 2.02. The van der Waals surface area contributed by atoms with Crippen molar-refractivity contribution in [1.29, 1.82) is 5.26 Å². The maximum Gasteiger partial charge on any atom is 0.242 e. The summed E-state index contributed by atoms with van der Waals surface area (Å²) in [6.07, 6.45) is 2.59. The Hall–Kier alpha value is -1.90. The fourth-order valence-corrected chi connectivity index (χ4v) is 2.57. The van der Waals surface area contributed by atoms with Gasteiger partial charge in [-0.3, -0.25) is 9.36 Å². The lowest BCUT2D eigenvalue weighted by atomic mass is 9.92. The number of carbonyl (C=O) groups excluding carboxylic acids is 1. The Morgan fingerprint density at radius 1 is 1.50 bits per heavy atom. The van der Waals surface area contributed by atoms with Crippen molar-refractivity contribution in [2.24, 2.45) is 11.8 Å². The number of aromatic nitrogens is 3. The SMILES string of the molecule is CC1CC(C)CN(C(=O)Cn2cnnc2C#N)C1. The minimum Gasteiger partial charge on any atom is -0.341 e. The molecular weight excluding hydrogens is 230 g/mol.